The third kappa shape index (κ3) is 6.66. The number of ether oxygens (including phenoxy) is 1. The van der Waals surface area contributed by atoms with Crippen molar-refractivity contribution in [1.29, 1.82) is 0 Å². The molecule has 0 aliphatic rings. The molecule has 124 valence electrons. The largest absolute Gasteiger partial charge is 0.484 e. The molecule has 0 spiro atoms. The fourth-order valence-corrected chi connectivity index (χ4v) is 1.71. The average molecular weight is 320 g/mol. The Morgan fingerprint density at radius 2 is 1.91 bits per heavy atom. The van der Waals surface area contributed by atoms with Gasteiger partial charge in [-0.25, -0.2) is 4.79 Å². The van der Waals surface area contributed by atoms with Gasteiger partial charge in [0.25, 0.3) is 0 Å². The zero-order valence-electron chi connectivity index (χ0n) is 12.2. The van der Waals surface area contributed by atoms with Crippen LogP contribution >= 0.6 is 0 Å². The second-order valence-corrected chi connectivity index (χ2v) is 4.57. The summed E-state index contributed by atoms with van der Waals surface area (Å²) in [6, 6.07) is 5.22. The number of carbonyl (C=O) groups is 1. The van der Waals surface area contributed by atoms with E-state index in [9.17, 15) is 18.0 Å². The van der Waals surface area contributed by atoms with E-state index in [4.69, 9.17) is 5.11 Å². The molecule has 0 fully saturated rings. The van der Waals surface area contributed by atoms with E-state index in [0.29, 0.717) is 12.2 Å². The predicted octanol–water partition coefficient (Wildman–Crippen LogP) is 2.86. The van der Waals surface area contributed by atoms with Crippen LogP contribution in [0.2, 0.25) is 0 Å². The van der Waals surface area contributed by atoms with Gasteiger partial charge in [0, 0.05) is 18.8 Å². The molecule has 5 nitrogen and oxygen atoms in total. The Morgan fingerprint density at radius 1 is 1.27 bits per heavy atom. The van der Waals surface area contributed by atoms with Crippen molar-refractivity contribution in [3.8, 4) is 5.75 Å². The molecule has 2 amide bonds. The van der Waals surface area contributed by atoms with Crippen molar-refractivity contribution in [2.24, 2.45) is 0 Å². The summed E-state index contributed by atoms with van der Waals surface area (Å²) in [5.74, 6) is 0.0658. The van der Waals surface area contributed by atoms with E-state index in [1.54, 1.807) is 0 Å². The summed E-state index contributed by atoms with van der Waals surface area (Å²) in [7, 11) is 0. The van der Waals surface area contributed by atoms with Crippen molar-refractivity contribution < 1.29 is 27.8 Å². The van der Waals surface area contributed by atoms with Crippen LogP contribution in [0.15, 0.2) is 24.3 Å². The maximum absolute atomic E-state index is 12.0. The summed E-state index contributed by atoms with van der Waals surface area (Å²) in [5.41, 5.74) is 0.434. The van der Waals surface area contributed by atoms with Crippen LogP contribution in [0, 0.1) is 0 Å². The number of rotatable bonds is 7. The van der Waals surface area contributed by atoms with Crippen LogP contribution in [0.5, 0.6) is 5.75 Å². The maximum atomic E-state index is 12.0. The Bertz CT molecular complexity index is 457. The van der Waals surface area contributed by atoms with Crippen molar-refractivity contribution in [3.63, 3.8) is 0 Å². The van der Waals surface area contributed by atoms with E-state index < -0.39 is 12.8 Å². The Morgan fingerprint density at radius 3 is 2.41 bits per heavy atom. The third-order valence-corrected chi connectivity index (χ3v) is 2.66. The fourth-order valence-electron chi connectivity index (χ4n) is 1.71. The first-order valence-corrected chi connectivity index (χ1v) is 6.82. The molecule has 8 heteroatoms. The number of halogens is 3. The molecule has 22 heavy (non-hydrogen) atoms. The number of amides is 2. The Kier molecular flexibility index (Phi) is 6.97. The highest BCUT2D eigenvalue weighted by Gasteiger charge is 2.28. The minimum Gasteiger partial charge on any atom is -0.484 e. The van der Waals surface area contributed by atoms with Crippen LogP contribution < -0.4 is 10.1 Å². The van der Waals surface area contributed by atoms with Gasteiger partial charge in [-0.2, -0.15) is 13.2 Å². The second kappa shape index (κ2) is 8.47. The van der Waals surface area contributed by atoms with Crippen molar-refractivity contribution in [2.45, 2.75) is 19.5 Å². The highest BCUT2D eigenvalue weighted by molar-refractivity contribution is 5.89. The molecule has 1 aromatic carbocycles. The monoisotopic (exact) mass is 320 g/mol. The molecular weight excluding hydrogens is 301 g/mol. The number of carbonyl (C=O) groups excluding carboxylic acids is 1. The van der Waals surface area contributed by atoms with Crippen LogP contribution in [-0.4, -0.2) is 48.5 Å². The average Bonchev–Trinajstić information content (AvgIpc) is 2.45. The van der Waals surface area contributed by atoms with Crippen LogP contribution in [0.25, 0.3) is 0 Å². The maximum Gasteiger partial charge on any atom is 0.422 e. The molecule has 0 aliphatic heterocycles. The van der Waals surface area contributed by atoms with Crippen LogP contribution in [-0.2, 0) is 0 Å². The summed E-state index contributed by atoms with van der Waals surface area (Å²) < 4.78 is 40.6. The summed E-state index contributed by atoms with van der Waals surface area (Å²) in [6.45, 7) is 1.12. The van der Waals surface area contributed by atoms with Crippen LogP contribution in [0.4, 0.5) is 23.7 Å². The first-order valence-electron chi connectivity index (χ1n) is 6.82. The van der Waals surface area contributed by atoms with Gasteiger partial charge >= 0.3 is 12.2 Å². The number of aliphatic hydroxyl groups is 1. The first kappa shape index (κ1) is 18.1. The van der Waals surface area contributed by atoms with E-state index >= 15 is 0 Å². The number of anilines is 1. The summed E-state index contributed by atoms with van der Waals surface area (Å²) in [5, 5.41) is 11.5. The molecule has 0 aliphatic carbocycles. The lowest BCUT2D eigenvalue weighted by molar-refractivity contribution is -0.153. The lowest BCUT2D eigenvalue weighted by Crippen LogP contribution is -2.37. The quantitative estimate of drug-likeness (QED) is 0.812. The number of hydrogen-bond donors (Lipinski definition) is 2. The number of alkyl halides is 3. The normalized spacial score (nSPS) is 11.1. The number of nitrogens with one attached hydrogen (secondary N) is 1. The minimum absolute atomic E-state index is 0.0658. The van der Waals surface area contributed by atoms with Gasteiger partial charge < -0.3 is 20.1 Å². The molecule has 0 saturated heterocycles. The molecule has 2 N–H and O–H groups in total. The fraction of sp³-hybridized carbons (Fsp3) is 0.500. The molecule has 0 atom stereocenters. The van der Waals surface area contributed by atoms with E-state index in [2.05, 4.69) is 10.1 Å². The van der Waals surface area contributed by atoms with Gasteiger partial charge in [-0.1, -0.05) is 6.92 Å². The van der Waals surface area contributed by atoms with Gasteiger partial charge in [0.05, 0.1) is 6.61 Å². The molecule has 0 unspecified atom stereocenters. The smallest absolute Gasteiger partial charge is 0.422 e. The number of urea groups is 1. The van der Waals surface area contributed by atoms with E-state index in [1.165, 1.54) is 29.2 Å². The number of nitrogens with zero attached hydrogens (tertiary/aromatic N) is 1. The summed E-state index contributed by atoms with van der Waals surface area (Å²) in [4.78, 5) is 13.4. The minimum atomic E-state index is -4.39. The molecule has 0 saturated carbocycles. The topological polar surface area (TPSA) is 61.8 Å². The lowest BCUT2D eigenvalue weighted by Gasteiger charge is -2.21. The van der Waals surface area contributed by atoms with E-state index in [1.807, 2.05) is 6.92 Å². The number of hydrogen-bond acceptors (Lipinski definition) is 3. The highest BCUT2D eigenvalue weighted by Crippen LogP contribution is 2.20. The first-order chi connectivity index (χ1) is 10.4. The summed E-state index contributed by atoms with van der Waals surface area (Å²) in [6.07, 6.45) is -3.64. The lowest BCUT2D eigenvalue weighted by atomic mass is 10.3. The summed E-state index contributed by atoms with van der Waals surface area (Å²) >= 11 is 0. The standard InChI is InChI=1S/C14H19F3N2O3/c1-2-7-19(8-9-20)13(21)18-11-3-5-12(6-4-11)22-10-14(15,16)17/h3-6,20H,2,7-10H2,1H3,(H,18,21). The molecule has 0 bridgehead atoms. The zero-order chi connectivity index (χ0) is 16.6. The van der Waals surface area contributed by atoms with Crippen LogP contribution in [0.1, 0.15) is 13.3 Å². The number of benzene rings is 1. The second-order valence-electron chi connectivity index (χ2n) is 4.57. The molecule has 1 aromatic rings. The number of aliphatic hydroxyl groups excluding tert-OH is 1. The van der Waals surface area contributed by atoms with Gasteiger partial charge in [-0.3, -0.25) is 0 Å². The predicted molar refractivity (Wildman–Crippen MR) is 76.0 cm³/mol. The Balaban J connectivity index is 2.57. The molecule has 1 rings (SSSR count). The zero-order valence-corrected chi connectivity index (χ0v) is 12.2. The van der Waals surface area contributed by atoms with E-state index in [0.717, 1.165) is 6.42 Å². The van der Waals surface area contributed by atoms with E-state index in [-0.39, 0.29) is 24.9 Å². The van der Waals surface area contributed by atoms with Gasteiger partial charge in [0.2, 0.25) is 0 Å². The van der Waals surface area contributed by atoms with Gasteiger partial charge in [0.15, 0.2) is 6.61 Å². The van der Waals surface area contributed by atoms with Crippen molar-refractivity contribution in [2.75, 3.05) is 31.6 Å². The van der Waals surface area contributed by atoms with Crippen molar-refractivity contribution >= 4 is 11.7 Å². The van der Waals surface area contributed by atoms with Gasteiger partial charge in [0.1, 0.15) is 5.75 Å². The van der Waals surface area contributed by atoms with Gasteiger partial charge in [-0.15, -0.1) is 0 Å². The highest BCUT2D eigenvalue weighted by atomic mass is 19.4. The van der Waals surface area contributed by atoms with Crippen LogP contribution in [0.3, 0.4) is 0 Å². The Hall–Kier alpha value is -1.96. The molecular formula is C14H19F3N2O3. The van der Waals surface area contributed by atoms with Crippen molar-refractivity contribution in [3.05, 3.63) is 24.3 Å². The molecule has 0 aromatic heterocycles. The molecule has 0 radical (unpaired) electrons. The third-order valence-electron chi connectivity index (χ3n) is 2.66. The SMILES string of the molecule is CCCN(CCO)C(=O)Nc1ccc(OCC(F)(F)F)cc1. The van der Waals surface area contributed by atoms with Crippen molar-refractivity contribution in [1.82, 2.24) is 4.90 Å². The Labute approximate surface area is 126 Å². The van der Waals surface area contributed by atoms with Gasteiger partial charge in [-0.05, 0) is 30.7 Å². The molecule has 0 heterocycles.